The van der Waals surface area contributed by atoms with Crippen LogP contribution in [0.2, 0.25) is 0 Å². The number of amides is 1. The first-order chi connectivity index (χ1) is 15.5. The summed E-state index contributed by atoms with van der Waals surface area (Å²) in [6, 6.07) is 11.7. The van der Waals surface area contributed by atoms with Gasteiger partial charge in [-0.1, -0.05) is 52.0 Å². The molecule has 0 spiro atoms. The maximum Gasteiger partial charge on any atom is 0.342 e. The topological polar surface area (TPSA) is 101 Å². The molecule has 0 aliphatic carbocycles. The van der Waals surface area contributed by atoms with Crippen molar-refractivity contribution in [2.45, 2.75) is 52.0 Å². The summed E-state index contributed by atoms with van der Waals surface area (Å²) in [5, 5.41) is 10.7. The summed E-state index contributed by atoms with van der Waals surface area (Å²) in [6.45, 7) is 7.26. The predicted molar refractivity (Wildman–Crippen MR) is 128 cm³/mol. The molecule has 2 aromatic carbocycles. The van der Waals surface area contributed by atoms with Crippen LogP contribution in [0.25, 0.3) is 0 Å². The van der Waals surface area contributed by atoms with Gasteiger partial charge in [-0.15, -0.1) is 0 Å². The van der Waals surface area contributed by atoms with Crippen LogP contribution >= 0.6 is 0 Å². The normalized spacial score (nSPS) is 17.3. The van der Waals surface area contributed by atoms with Gasteiger partial charge in [-0.3, -0.25) is 4.79 Å². The lowest BCUT2D eigenvalue weighted by molar-refractivity contribution is -0.122. The number of carbonyl (C=O) groups excluding carboxylic acids is 2. The number of hydrogen-bond donors (Lipinski definition) is 1. The first-order valence-corrected chi connectivity index (χ1v) is 12.9. The maximum atomic E-state index is 13.1. The summed E-state index contributed by atoms with van der Waals surface area (Å²) < 4.78 is 29.3. The third kappa shape index (κ3) is 5.74. The lowest BCUT2D eigenvalue weighted by Crippen LogP contribution is -2.43. The highest BCUT2D eigenvalue weighted by atomic mass is 32.2. The highest BCUT2D eigenvalue weighted by molar-refractivity contribution is 7.91. The van der Waals surface area contributed by atoms with Crippen molar-refractivity contribution in [2.24, 2.45) is 0 Å². The van der Waals surface area contributed by atoms with E-state index in [4.69, 9.17) is 4.74 Å². The summed E-state index contributed by atoms with van der Waals surface area (Å²) >= 11 is 0. The van der Waals surface area contributed by atoms with Crippen molar-refractivity contribution < 1.29 is 27.9 Å². The molecule has 1 atom stereocenters. The molecule has 0 bridgehead atoms. The van der Waals surface area contributed by atoms with Gasteiger partial charge in [0.05, 0.1) is 17.5 Å². The van der Waals surface area contributed by atoms with Crippen molar-refractivity contribution in [1.82, 2.24) is 0 Å². The summed E-state index contributed by atoms with van der Waals surface area (Å²) in [6.07, 6.45) is 0.325. The minimum absolute atomic E-state index is 0.00484. The van der Waals surface area contributed by atoms with E-state index in [1.54, 1.807) is 36.4 Å². The molecule has 1 heterocycles. The minimum atomic E-state index is -3.22. The second kappa shape index (κ2) is 9.95. The van der Waals surface area contributed by atoms with E-state index in [9.17, 15) is 23.1 Å². The molecule has 3 rings (SSSR count). The van der Waals surface area contributed by atoms with Gasteiger partial charge in [0.2, 0.25) is 0 Å². The number of nitrogens with zero attached hydrogens (tertiary/aromatic N) is 1. The van der Waals surface area contributed by atoms with Gasteiger partial charge in [0.1, 0.15) is 11.3 Å². The fraction of sp³-hybridized carbons (Fsp3) is 0.440. The first-order valence-electron chi connectivity index (χ1n) is 11.1. The molecular weight excluding hydrogens is 442 g/mol. The number of anilines is 1. The Labute approximate surface area is 195 Å². The SMILES string of the molecule is CC(C)c1cc(C(=O)OCC(=O)N(c2ccccc2)C2CCS(=O)(=O)C2)c(O)c(C(C)C)c1. The number of benzene rings is 2. The van der Waals surface area contributed by atoms with E-state index in [-0.39, 0.29) is 34.7 Å². The van der Waals surface area contributed by atoms with Crippen molar-refractivity contribution in [3.8, 4) is 5.75 Å². The number of rotatable bonds is 7. The molecule has 1 aliphatic heterocycles. The van der Waals surface area contributed by atoms with Crippen LogP contribution in [-0.4, -0.2) is 49.6 Å². The van der Waals surface area contributed by atoms with Gasteiger partial charge in [0.25, 0.3) is 5.91 Å². The fourth-order valence-corrected chi connectivity index (χ4v) is 5.71. The van der Waals surface area contributed by atoms with Crippen molar-refractivity contribution in [1.29, 1.82) is 0 Å². The number of carbonyl (C=O) groups is 2. The molecule has 0 radical (unpaired) electrons. The molecule has 1 fully saturated rings. The van der Waals surface area contributed by atoms with Gasteiger partial charge in [-0.2, -0.15) is 0 Å². The predicted octanol–water partition coefficient (Wildman–Crippen LogP) is 4.02. The Hall–Kier alpha value is -2.87. The highest BCUT2D eigenvalue weighted by Gasteiger charge is 2.36. The van der Waals surface area contributed by atoms with E-state index < -0.39 is 34.4 Å². The Bertz CT molecular complexity index is 1130. The lowest BCUT2D eigenvalue weighted by atomic mass is 9.92. The third-order valence-corrected chi connectivity index (χ3v) is 7.62. The zero-order valence-corrected chi connectivity index (χ0v) is 20.3. The van der Waals surface area contributed by atoms with Crippen LogP contribution in [0.1, 0.15) is 67.4 Å². The van der Waals surface area contributed by atoms with Crippen LogP contribution in [0.3, 0.4) is 0 Å². The van der Waals surface area contributed by atoms with Crippen LogP contribution in [-0.2, 0) is 19.4 Å². The quantitative estimate of drug-likeness (QED) is 0.610. The summed E-state index contributed by atoms with van der Waals surface area (Å²) in [4.78, 5) is 27.4. The molecular formula is C25H31NO6S. The minimum Gasteiger partial charge on any atom is -0.507 e. The third-order valence-electron chi connectivity index (χ3n) is 5.87. The largest absolute Gasteiger partial charge is 0.507 e. The average molecular weight is 474 g/mol. The maximum absolute atomic E-state index is 13.1. The molecule has 2 aromatic rings. The van der Waals surface area contributed by atoms with Gasteiger partial charge in [-0.05, 0) is 47.6 Å². The van der Waals surface area contributed by atoms with E-state index >= 15 is 0 Å². The smallest absolute Gasteiger partial charge is 0.342 e. The number of phenolic OH excluding ortho intramolecular Hbond substituents is 1. The van der Waals surface area contributed by atoms with E-state index in [2.05, 4.69) is 0 Å². The average Bonchev–Trinajstić information content (AvgIpc) is 3.11. The molecule has 1 aliphatic rings. The number of sulfone groups is 1. The molecule has 178 valence electrons. The Morgan fingerprint density at radius 3 is 2.30 bits per heavy atom. The second-order valence-corrected chi connectivity index (χ2v) is 11.3. The fourth-order valence-electron chi connectivity index (χ4n) is 4.01. The molecule has 1 unspecified atom stereocenters. The van der Waals surface area contributed by atoms with Gasteiger partial charge in [0.15, 0.2) is 16.4 Å². The van der Waals surface area contributed by atoms with Crippen molar-refractivity contribution >= 4 is 27.4 Å². The molecule has 33 heavy (non-hydrogen) atoms. The van der Waals surface area contributed by atoms with E-state index in [1.807, 2.05) is 33.8 Å². The number of hydrogen-bond acceptors (Lipinski definition) is 6. The summed E-state index contributed by atoms with van der Waals surface area (Å²) in [5.74, 6) is -1.44. The number of esters is 1. The summed E-state index contributed by atoms with van der Waals surface area (Å²) in [5.41, 5.74) is 2.10. The Balaban J connectivity index is 1.83. The number of ether oxygens (including phenoxy) is 1. The molecule has 8 heteroatoms. The first kappa shape index (κ1) is 24.8. The lowest BCUT2D eigenvalue weighted by Gasteiger charge is -2.28. The Morgan fingerprint density at radius 1 is 1.09 bits per heavy atom. The van der Waals surface area contributed by atoms with Crippen LogP contribution in [0.4, 0.5) is 5.69 Å². The van der Waals surface area contributed by atoms with Crippen LogP contribution < -0.4 is 4.90 Å². The molecule has 1 amide bonds. The summed E-state index contributed by atoms with van der Waals surface area (Å²) in [7, 11) is -3.22. The Morgan fingerprint density at radius 2 is 1.76 bits per heavy atom. The monoisotopic (exact) mass is 473 g/mol. The van der Waals surface area contributed by atoms with Crippen LogP contribution in [0, 0.1) is 0 Å². The molecule has 1 N–H and O–H groups in total. The van der Waals surface area contributed by atoms with Crippen molar-refractivity contribution in [2.75, 3.05) is 23.0 Å². The molecule has 0 aromatic heterocycles. The standard InChI is InChI=1S/C25H31NO6S/c1-16(2)18-12-21(17(3)4)24(28)22(13-18)25(29)32-14-23(27)26(19-8-6-5-7-9-19)20-10-11-33(30,31)15-20/h5-9,12-13,16-17,20,28H,10-11,14-15H2,1-4H3. The second-order valence-electron chi connectivity index (χ2n) is 9.05. The van der Waals surface area contributed by atoms with Gasteiger partial charge in [-0.25, -0.2) is 13.2 Å². The van der Waals surface area contributed by atoms with Crippen LogP contribution in [0.15, 0.2) is 42.5 Å². The molecule has 1 saturated heterocycles. The number of para-hydroxylation sites is 1. The number of phenols is 1. The molecule has 0 saturated carbocycles. The zero-order valence-electron chi connectivity index (χ0n) is 19.4. The van der Waals surface area contributed by atoms with E-state index in [0.29, 0.717) is 17.7 Å². The van der Waals surface area contributed by atoms with Gasteiger partial charge in [0, 0.05) is 5.69 Å². The van der Waals surface area contributed by atoms with Crippen molar-refractivity contribution in [3.63, 3.8) is 0 Å². The van der Waals surface area contributed by atoms with Gasteiger partial charge >= 0.3 is 5.97 Å². The molecule has 7 nitrogen and oxygen atoms in total. The van der Waals surface area contributed by atoms with Crippen LogP contribution in [0.5, 0.6) is 5.75 Å². The Kier molecular flexibility index (Phi) is 7.47. The number of aromatic hydroxyl groups is 1. The zero-order chi connectivity index (χ0) is 24.3. The van der Waals surface area contributed by atoms with Crippen molar-refractivity contribution in [3.05, 3.63) is 59.2 Å². The van der Waals surface area contributed by atoms with E-state index in [0.717, 1.165) is 5.56 Å². The highest BCUT2D eigenvalue weighted by Crippen LogP contribution is 2.33. The van der Waals surface area contributed by atoms with Gasteiger partial charge < -0.3 is 14.7 Å². The van der Waals surface area contributed by atoms with E-state index in [1.165, 1.54) is 4.90 Å².